The van der Waals surface area contributed by atoms with Crippen LogP contribution in [0.25, 0.3) is 0 Å². The zero-order valence-corrected chi connectivity index (χ0v) is 35.4. The molecule has 1 amide bonds. The number of nitrogens with one attached hydrogen (secondary N) is 1. The van der Waals surface area contributed by atoms with Gasteiger partial charge in [0.2, 0.25) is 5.91 Å². The van der Waals surface area contributed by atoms with E-state index in [4.69, 9.17) is 9.47 Å². The number of ether oxygens (including phenoxy) is 2. The molecule has 0 aromatic heterocycles. The maximum absolute atomic E-state index is 12.9. The molecule has 1 heterocycles. The Morgan fingerprint density at radius 2 is 1.07 bits per heavy atom. The first kappa shape index (κ1) is 51.7. The summed E-state index contributed by atoms with van der Waals surface area (Å²) in [7, 11) is 0. The minimum atomic E-state index is -1.55. The van der Waals surface area contributed by atoms with E-state index in [0.29, 0.717) is 12.8 Å². The largest absolute Gasteiger partial charge is 0.394 e. The molecule has 0 aromatic carbocycles. The molecule has 0 aliphatic carbocycles. The van der Waals surface area contributed by atoms with Crippen LogP contribution in [-0.2, 0) is 14.3 Å². The van der Waals surface area contributed by atoms with Crippen molar-refractivity contribution in [2.24, 2.45) is 0 Å². The Labute approximate surface area is 337 Å². The third kappa shape index (κ3) is 27.9. The van der Waals surface area contributed by atoms with Gasteiger partial charge in [-0.2, -0.15) is 0 Å². The molecule has 7 unspecified atom stereocenters. The Hall–Kier alpha value is -1.33. The standard InChI is InChI=1S/C46H87NO8/c1-3-5-7-9-11-12-13-14-15-16-17-18-19-20-21-22-23-24-25-26-27-28-30-32-34-36-42(50)47-39(40(49)35-33-31-29-10-8-6-4-2)38-54-46-45(53)44(52)43(51)41(37-48)55-46/h13-14,16-17,39-41,43-46,48-49,51-53H,3-12,15,18-38H2,1-2H3,(H,47,50)/b14-13-,17-16-. The van der Waals surface area contributed by atoms with E-state index in [1.807, 2.05) is 0 Å². The summed E-state index contributed by atoms with van der Waals surface area (Å²) in [5.41, 5.74) is 0. The predicted octanol–water partition coefficient (Wildman–Crippen LogP) is 9.50. The van der Waals surface area contributed by atoms with Gasteiger partial charge in [-0.05, 0) is 44.9 Å². The lowest BCUT2D eigenvalue weighted by Crippen LogP contribution is -2.60. The Morgan fingerprint density at radius 3 is 1.56 bits per heavy atom. The third-order valence-corrected chi connectivity index (χ3v) is 11.1. The van der Waals surface area contributed by atoms with Crippen LogP contribution in [0.15, 0.2) is 24.3 Å². The lowest BCUT2D eigenvalue weighted by atomic mass is 9.99. The summed E-state index contributed by atoms with van der Waals surface area (Å²) in [6, 6.07) is -0.714. The van der Waals surface area contributed by atoms with Crippen molar-refractivity contribution in [2.45, 2.75) is 249 Å². The molecule has 0 bridgehead atoms. The van der Waals surface area contributed by atoms with Crippen LogP contribution in [0.1, 0.15) is 206 Å². The molecule has 6 N–H and O–H groups in total. The smallest absolute Gasteiger partial charge is 0.220 e. The van der Waals surface area contributed by atoms with Gasteiger partial charge in [-0.3, -0.25) is 4.79 Å². The number of allylic oxidation sites excluding steroid dienone is 4. The molecule has 0 radical (unpaired) electrons. The van der Waals surface area contributed by atoms with Gasteiger partial charge in [-0.1, -0.05) is 179 Å². The van der Waals surface area contributed by atoms with Crippen molar-refractivity contribution in [1.82, 2.24) is 5.32 Å². The normalized spacial score (nSPS) is 21.5. The highest BCUT2D eigenvalue weighted by molar-refractivity contribution is 5.76. The zero-order valence-electron chi connectivity index (χ0n) is 35.4. The highest BCUT2D eigenvalue weighted by Gasteiger charge is 2.44. The summed E-state index contributed by atoms with van der Waals surface area (Å²) in [6.45, 7) is 3.77. The molecule has 1 rings (SSSR count). The summed E-state index contributed by atoms with van der Waals surface area (Å²) in [5, 5.41) is 54.0. The number of aliphatic hydroxyl groups excluding tert-OH is 5. The molecule has 0 saturated carbocycles. The Balaban J connectivity index is 2.16. The third-order valence-electron chi connectivity index (χ3n) is 11.1. The van der Waals surface area contributed by atoms with E-state index in [9.17, 15) is 30.3 Å². The molecular formula is C46H87NO8. The van der Waals surface area contributed by atoms with Gasteiger partial charge in [0.15, 0.2) is 6.29 Å². The molecule has 1 saturated heterocycles. The first-order valence-electron chi connectivity index (χ1n) is 23.0. The molecule has 55 heavy (non-hydrogen) atoms. The second-order valence-corrected chi connectivity index (χ2v) is 16.2. The summed E-state index contributed by atoms with van der Waals surface area (Å²) in [4.78, 5) is 12.9. The Bertz CT molecular complexity index is 914. The van der Waals surface area contributed by atoms with Gasteiger partial charge < -0.3 is 40.3 Å². The van der Waals surface area contributed by atoms with Gasteiger partial charge in [-0.25, -0.2) is 0 Å². The summed E-state index contributed by atoms with van der Waals surface area (Å²) in [6.07, 6.45) is 36.5. The van der Waals surface area contributed by atoms with Gasteiger partial charge in [0.1, 0.15) is 24.4 Å². The molecule has 1 fully saturated rings. The SMILES string of the molecule is CCCCCCC/C=C\C/C=C\CCCCCCCCCCCCCCCC(=O)NC(COC1OC(CO)C(O)C(O)C1O)C(O)CCCCCCCCC. The second kappa shape index (κ2) is 37.0. The lowest BCUT2D eigenvalue weighted by molar-refractivity contribution is -0.302. The first-order valence-corrected chi connectivity index (χ1v) is 23.0. The van der Waals surface area contributed by atoms with Crippen molar-refractivity contribution < 1.29 is 39.8 Å². The number of unbranched alkanes of at least 4 members (excludes halogenated alkanes) is 24. The molecular weight excluding hydrogens is 695 g/mol. The number of rotatable bonds is 38. The van der Waals surface area contributed by atoms with Crippen LogP contribution in [0.3, 0.4) is 0 Å². The van der Waals surface area contributed by atoms with Gasteiger partial charge >= 0.3 is 0 Å². The summed E-state index contributed by atoms with van der Waals surface area (Å²) < 4.78 is 11.2. The van der Waals surface area contributed by atoms with Crippen molar-refractivity contribution in [3.8, 4) is 0 Å². The number of carbonyl (C=O) groups excluding carboxylic acids is 1. The number of hydrogen-bond donors (Lipinski definition) is 6. The van der Waals surface area contributed by atoms with Crippen LogP contribution in [0.5, 0.6) is 0 Å². The minimum Gasteiger partial charge on any atom is -0.394 e. The maximum Gasteiger partial charge on any atom is 0.220 e. The average Bonchev–Trinajstić information content (AvgIpc) is 3.18. The van der Waals surface area contributed by atoms with Crippen molar-refractivity contribution >= 4 is 5.91 Å². The van der Waals surface area contributed by atoms with E-state index in [1.54, 1.807) is 0 Å². The van der Waals surface area contributed by atoms with E-state index < -0.39 is 49.5 Å². The molecule has 324 valence electrons. The predicted molar refractivity (Wildman–Crippen MR) is 226 cm³/mol. The highest BCUT2D eigenvalue weighted by atomic mass is 16.7. The van der Waals surface area contributed by atoms with Crippen molar-refractivity contribution in [2.75, 3.05) is 13.2 Å². The van der Waals surface area contributed by atoms with E-state index in [2.05, 4.69) is 43.5 Å². The van der Waals surface area contributed by atoms with E-state index in [-0.39, 0.29) is 12.5 Å². The topological polar surface area (TPSA) is 149 Å². The summed E-state index contributed by atoms with van der Waals surface area (Å²) in [5.74, 6) is -0.149. The van der Waals surface area contributed by atoms with Gasteiger partial charge in [0.05, 0.1) is 25.4 Å². The van der Waals surface area contributed by atoms with E-state index in [0.717, 1.165) is 44.9 Å². The van der Waals surface area contributed by atoms with Crippen molar-refractivity contribution in [3.63, 3.8) is 0 Å². The monoisotopic (exact) mass is 782 g/mol. The fourth-order valence-corrected chi connectivity index (χ4v) is 7.31. The van der Waals surface area contributed by atoms with Crippen LogP contribution in [-0.4, -0.2) is 87.5 Å². The van der Waals surface area contributed by atoms with Gasteiger partial charge in [0, 0.05) is 6.42 Å². The molecule has 1 aliphatic heterocycles. The minimum absolute atomic E-state index is 0.138. The quantitative estimate of drug-likeness (QED) is 0.0268. The molecule has 9 nitrogen and oxygen atoms in total. The summed E-state index contributed by atoms with van der Waals surface area (Å²) >= 11 is 0. The Kier molecular flexibility index (Phi) is 34.7. The van der Waals surface area contributed by atoms with Gasteiger partial charge in [-0.15, -0.1) is 0 Å². The average molecular weight is 782 g/mol. The number of hydrogen-bond acceptors (Lipinski definition) is 8. The Morgan fingerprint density at radius 1 is 0.618 bits per heavy atom. The number of carbonyl (C=O) groups is 1. The van der Waals surface area contributed by atoms with Crippen molar-refractivity contribution in [3.05, 3.63) is 24.3 Å². The van der Waals surface area contributed by atoms with Crippen LogP contribution >= 0.6 is 0 Å². The second-order valence-electron chi connectivity index (χ2n) is 16.2. The van der Waals surface area contributed by atoms with E-state index >= 15 is 0 Å². The first-order chi connectivity index (χ1) is 26.8. The molecule has 7 atom stereocenters. The highest BCUT2D eigenvalue weighted by Crippen LogP contribution is 2.23. The lowest BCUT2D eigenvalue weighted by Gasteiger charge is -2.40. The molecule has 0 spiro atoms. The fraction of sp³-hybridized carbons (Fsp3) is 0.891. The van der Waals surface area contributed by atoms with E-state index in [1.165, 1.54) is 135 Å². The zero-order chi connectivity index (χ0) is 40.2. The molecule has 1 aliphatic rings. The molecule has 0 aromatic rings. The number of amides is 1. The van der Waals surface area contributed by atoms with Crippen LogP contribution < -0.4 is 5.32 Å². The van der Waals surface area contributed by atoms with Crippen LogP contribution in [0.2, 0.25) is 0 Å². The van der Waals surface area contributed by atoms with Crippen molar-refractivity contribution in [1.29, 1.82) is 0 Å². The van der Waals surface area contributed by atoms with Gasteiger partial charge in [0.25, 0.3) is 0 Å². The maximum atomic E-state index is 12.9. The molecule has 9 heteroatoms. The fourth-order valence-electron chi connectivity index (χ4n) is 7.31. The van der Waals surface area contributed by atoms with Crippen LogP contribution in [0, 0.1) is 0 Å². The van der Waals surface area contributed by atoms with Crippen LogP contribution in [0.4, 0.5) is 0 Å². The number of aliphatic hydroxyl groups is 5.